The molecule has 0 aliphatic heterocycles. The van der Waals surface area contributed by atoms with E-state index < -0.39 is 14.8 Å². The summed E-state index contributed by atoms with van der Waals surface area (Å²) in [6, 6.07) is -0.0350. The Morgan fingerprint density at radius 2 is 2.24 bits per heavy atom. The van der Waals surface area contributed by atoms with Crippen LogP contribution in [0, 0.1) is 6.92 Å². The van der Waals surface area contributed by atoms with Gasteiger partial charge in [-0.2, -0.15) is 4.31 Å². The molecular weight excluding hydrogens is 304 g/mol. The van der Waals surface area contributed by atoms with E-state index >= 15 is 0 Å². The van der Waals surface area contributed by atoms with Crippen molar-refractivity contribution in [3.8, 4) is 0 Å². The van der Waals surface area contributed by atoms with Crippen molar-refractivity contribution >= 4 is 21.4 Å². The number of allylic oxidation sites excluding steroid dienone is 1. The molecule has 1 saturated carbocycles. The Kier molecular flexibility index (Phi) is 3.74. The summed E-state index contributed by atoms with van der Waals surface area (Å²) in [7, 11) is -1.54. The fourth-order valence-corrected chi connectivity index (χ4v) is 6.63. The van der Waals surface area contributed by atoms with Crippen molar-refractivity contribution in [2.45, 2.75) is 56.2 Å². The lowest BCUT2D eigenvalue weighted by molar-refractivity contribution is 0.335. The number of hydrogen-bond acceptors (Lipinski definition) is 4. The van der Waals surface area contributed by atoms with Gasteiger partial charge in [0.2, 0.25) is 10.0 Å². The lowest BCUT2D eigenvalue weighted by atomic mass is 9.98. The van der Waals surface area contributed by atoms with E-state index in [1.54, 1.807) is 28.8 Å². The Labute approximate surface area is 130 Å². The lowest BCUT2D eigenvalue weighted by Gasteiger charge is -2.32. The van der Waals surface area contributed by atoms with Gasteiger partial charge in [-0.05, 0) is 45.4 Å². The number of nitrogens with zero attached hydrogens (tertiary/aromatic N) is 2. The number of rotatable bonds is 5. The summed E-state index contributed by atoms with van der Waals surface area (Å²) < 4.78 is 27.0. The first-order chi connectivity index (χ1) is 9.91. The number of sulfonamides is 1. The van der Waals surface area contributed by atoms with E-state index in [4.69, 9.17) is 0 Å². The molecule has 21 heavy (non-hydrogen) atoms. The van der Waals surface area contributed by atoms with E-state index in [0.717, 1.165) is 47.7 Å². The van der Waals surface area contributed by atoms with E-state index in [2.05, 4.69) is 11.6 Å². The van der Waals surface area contributed by atoms with Crippen LogP contribution < -0.4 is 0 Å². The van der Waals surface area contributed by atoms with Crippen molar-refractivity contribution < 1.29 is 8.42 Å². The Morgan fingerprint density at radius 1 is 1.52 bits per heavy atom. The van der Waals surface area contributed by atoms with Gasteiger partial charge in [0.1, 0.15) is 0 Å². The standard InChI is InChI=1S/C15H22N2O2S2/c1-4-8-15(9-10-15)21(18,19)17(3)13-7-5-6-12-14(13)20-11(2)16-12/h4,13H,1,5-10H2,2-3H3. The van der Waals surface area contributed by atoms with Crippen LogP contribution in [0.25, 0.3) is 0 Å². The van der Waals surface area contributed by atoms with Gasteiger partial charge in [0, 0.05) is 11.9 Å². The maximum Gasteiger partial charge on any atom is 0.220 e. The zero-order valence-electron chi connectivity index (χ0n) is 12.6. The SMILES string of the molecule is C=CCC1(S(=O)(=O)N(C)C2CCCc3nc(C)sc32)CC1. The maximum absolute atomic E-state index is 13.0. The van der Waals surface area contributed by atoms with E-state index in [-0.39, 0.29) is 6.04 Å². The van der Waals surface area contributed by atoms with Gasteiger partial charge in [-0.15, -0.1) is 17.9 Å². The first-order valence-electron chi connectivity index (χ1n) is 7.46. The van der Waals surface area contributed by atoms with Gasteiger partial charge in [0.05, 0.1) is 21.5 Å². The molecule has 2 aliphatic carbocycles. The van der Waals surface area contributed by atoms with Crippen LogP contribution in [0.4, 0.5) is 0 Å². The third-order valence-electron chi connectivity index (χ3n) is 4.72. The predicted molar refractivity (Wildman–Crippen MR) is 86.0 cm³/mol. The van der Waals surface area contributed by atoms with Crippen molar-refractivity contribution in [3.63, 3.8) is 0 Å². The maximum atomic E-state index is 13.0. The summed E-state index contributed by atoms with van der Waals surface area (Å²) in [6.45, 7) is 5.71. The zero-order chi connectivity index (χ0) is 15.3. The molecule has 1 fully saturated rings. The lowest BCUT2D eigenvalue weighted by Crippen LogP contribution is -2.40. The molecule has 116 valence electrons. The fourth-order valence-electron chi connectivity index (χ4n) is 3.31. The highest BCUT2D eigenvalue weighted by Gasteiger charge is 2.56. The third-order valence-corrected chi connectivity index (χ3v) is 8.51. The Balaban J connectivity index is 1.93. The predicted octanol–water partition coefficient (Wildman–Crippen LogP) is 3.20. The summed E-state index contributed by atoms with van der Waals surface area (Å²) in [5.41, 5.74) is 1.10. The van der Waals surface area contributed by atoms with Crippen molar-refractivity contribution in [2.75, 3.05) is 7.05 Å². The van der Waals surface area contributed by atoms with Crippen molar-refractivity contribution in [1.29, 1.82) is 0 Å². The fraction of sp³-hybridized carbons (Fsp3) is 0.667. The average Bonchev–Trinajstić information content (AvgIpc) is 3.12. The molecule has 0 radical (unpaired) electrons. The van der Waals surface area contributed by atoms with Crippen LogP contribution in [0.5, 0.6) is 0 Å². The molecule has 3 rings (SSSR count). The number of aryl methyl sites for hydroxylation is 2. The molecule has 1 aromatic heterocycles. The van der Waals surface area contributed by atoms with Gasteiger partial charge >= 0.3 is 0 Å². The second-order valence-corrected chi connectivity index (χ2v) is 9.78. The highest BCUT2D eigenvalue weighted by molar-refractivity contribution is 7.90. The molecule has 0 aromatic carbocycles. The quantitative estimate of drug-likeness (QED) is 0.781. The molecule has 0 spiro atoms. The molecule has 1 heterocycles. The molecule has 4 nitrogen and oxygen atoms in total. The molecule has 6 heteroatoms. The summed E-state index contributed by atoms with van der Waals surface area (Å²) in [4.78, 5) is 5.71. The molecular formula is C15H22N2O2S2. The summed E-state index contributed by atoms with van der Waals surface area (Å²) in [5.74, 6) is 0. The van der Waals surface area contributed by atoms with Crippen LogP contribution in [-0.4, -0.2) is 29.5 Å². The number of thiazole rings is 1. The average molecular weight is 326 g/mol. The second-order valence-electron chi connectivity index (χ2n) is 6.15. The Bertz CT molecular complexity index is 659. The van der Waals surface area contributed by atoms with Crippen molar-refractivity contribution in [2.24, 2.45) is 0 Å². The van der Waals surface area contributed by atoms with Gasteiger partial charge in [0.25, 0.3) is 0 Å². The van der Waals surface area contributed by atoms with E-state index in [0.29, 0.717) is 6.42 Å². The van der Waals surface area contributed by atoms with Gasteiger partial charge in [0.15, 0.2) is 0 Å². The number of fused-ring (bicyclic) bond motifs is 1. The Hall–Kier alpha value is -0.720. The van der Waals surface area contributed by atoms with Crippen LogP contribution in [0.1, 0.15) is 53.7 Å². The molecule has 1 unspecified atom stereocenters. The summed E-state index contributed by atoms with van der Waals surface area (Å²) in [6.07, 6.45) is 6.69. The summed E-state index contributed by atoms with van der Waals surface area (Å²) >= 11 is 1.65. The minimum atomic E-state index is -3.28. The molecule has 1 aromatic rings. The van der Waals surface area contributed by atoms with Crippen LogP contribution in [0.3, 0.4) is 0 Å². The van der Waals surface area contributed by atoms with Crippen LogP contribution >= 0.6 is 11.3 Å². The second kappa shape index (κ2) is 5.18. The van der Waals surface area contributed by atoms with Gasteiger partial charge in [-0.25, -0.2) is 13.4 Å². The van der Waals surface area contributed by atoms with Crippen LogP contribution in [-0.2, 0) is 16.4 Å². The number of hydrogen-bond donors (Lipinski definition) is 0. The third kappa shape index (κ3) is 2.37. The minimum Gasteiger partial charge on any atom is -0.246 e. The van der Waals surface area contributed by atoms with Crippen LogP contribution in [0.2, 0.25) is 0 Å². The zero-order valence-corrected chi connectivity index (χ0v) is 14.3. The minimum absolute atomic E-state index is 0.0350. The molecule has 0 bridgehead atoms. The topological polar surface area (TPSA) is 50.3 Å². The molecule has 0 saturated heterocycles. The van der Waals surface area contributed by atoms with Crippen molar-refractivity contribution in [1.82, 2.24) is 9.29 Å². The molecule has 2 aliphatic rings. The highest BCUT2D eigenvalue weighted by Crippen LogP contribution is 2.50. The highest BCUT2D eigenvalue weighted by atomic mass is 32.2. The number of aromatic nitrogens is 1. The molecule has 1 atom stereocenters. The normalized spacial score (nSPS) is 23.9. The van der Waals surface area contributed by atoms with Crippen molar-refractivity contribution in [3.05, 3.63) is 28.2 Å². The van der Waals surface area contributed by atoms with Gasteiger partial charge < -0.3 is 0 Å². The van der Waals surface area contributed by atoms with E-state index in [1.165, 1.54) is 0 Å². The summed E-state index contributed by atoms with van der Waals surface area (Å²) in [5, 5.41) is 1.03. The first-order valence-corrected chi connectivity index (χ1v) is 9.72. The first kappa shape index (κ1) is 15.2. The smallest absolute Gasteiger partial charge is 0.220 e. The Morgan fingerprint density at radius 3 is 2.86 bits per heavy atom. The van der Waals surface area contributed by atoms with E-state index in [1.807, 2.05) is 6.92 Å². The van der Waals surface area contributed by atoms with E-state index in [9.17, 15) is 8.42 Å². The van der Waals surface area contributed by atoms with Gasteiger partial charge in [-0.3, -0.25) is 0 Å². The largest absolute Gasteiger partial charge is 0.246 e. The molecule has 0 amide bonds. The molecule has 0 N–H and O–H groups in total. The van der Waals surface area contributed by atoms with Crippen LogP contribution in [0.15, 0.2) is 12.7 Å². The van der Waals surface area contributed by atoms with Gasteiger partial charge in [-0.1, -0.05) is 6.08 Å². The monoisotopic (exact) mass is 326 g/mol.